The first-order valence-corrected chi connectivity index (χ1v) is 11.4. The van der Waals surface area contributed by atoms with E-state index in [1.54, 1.807) is 6.07 Å². The van der Waals surface area contributed by atoms with E-state index in [1.165, 1.54) is 59.3 Å². The second-order valence-electron chi connectivity index (χ2n) is 8.27. The fraction of sp³-hybridized carbons (Fsp3) is 0.200. The molecule has 3 amide bonds. The van der Waals surface area contributed by atoms with Crippen molar-refractivity contribution >= 4 is 40.7 Å². The van der Waals surface area contributed by atoms with E-state index in [0.29, 0.717) is 10.7 Å². The molecule has 0 saturated heterocycles. The average molecular weight is 533 g/mol. The van der Waals surface area contributed by atoms with E-state index < -0.39 is 54.3 Å². The number of benzene rings is 2. The van der Waals surface area contributed by atoms with Crippen molar-refractivity contribution in [3.8, 4) is 5.69 Å². The van der Waals surface area contributed by atoms with Gasteiger partial charge in [-0.25, -0.2) is 13.2 Å². The van der Waals surface area contributed by atoms with Crippen molar-refractivity contribution in [2.75, 3.05) is 17.2 Å². The van der Waals surface area contributed by atoms with E-state index in [9.17, 15) is 32.3 Å². The van der Waals surface area contributed by atoms with E-state index in [4.69, 9.17) is 11.6 Å². The maximum absolute atomic E-state index is 14.8. The molecule has 4 rings (SSSR count). The highest BCUT2D eigenvalue weighted by Gasteiger charge is 2.62. The minimum Gasteiger partial charge on any atom is -0.350 e. The lowest BCUT2D eigenvalue weighted by molar-refractivity contribution is -0.126. The van der Waals surface area contributed by atoms with Crippen molar-refractivity contribution in [3.05, 3.63) is 88.1 Å². The number of carbonyl (C=O) groups is 3. The second-order valence-corrected chi connectivity index (χ2v) is 8.71. The molecule has 0 spiro atoms. The highest BCUT2D eigenvalue weighted by atomic mass is 35.5. The van der Waals surface area contributed by atoms with Crippen LogP contribution in [0.5, 0.6) is 0 Å². The van der Waals surface area contributed by atoms with Gasteiger partial charge in [-0.15, -0.1) is 0 Å². The Morgan fingerprint density at radius 2 is 1.54 bits per heavy atom. The van der Waals surface area contributed by atoms with Crippen LogP contribution in [0, 0.1) is 23.6 Å². The summed E-state index contributed by atoms with van der Waals surface area (Å²) in [6.45, 7) is -0.940. The molecule has 12 heteroatoms. The van der Waals surface area contributed by atoms with Gasteiger partial charge in [0.1, 0.15) is 5.82 Å². The van der Waals surface area contributed by atoms with E-state index in [2.05, 4.69) is 10.6 Å². The Labute approximate surface area is 213 Å². The standard InChI is InChI=1S/C25H20ClF3N4O4/c26-13-4-6-14(7-5-13)31-24(36)21-20(23(35)30-12-18(28)29)22(21)25(37)32-17-9-8-15(11-16(17)27)33-10-2-1-3-19(33)34/h1-11,18,20-22H,12H2,(H,30,35)(H,31,36)(H,32,37)/t20-,21-,22+/m0/s1. The summed E-state index contributed by atoms with van der Waals surface area (Å²) in [4.78, 5) is 50.2. The van der Waals surface area contributed by atoms with E-state index in [0.717, 1.165) is 6.07 Å². The molecule has 0 radical (unpaired) electrons. The predicted octanol–water partition coefficient (Wildman–Crippen LogP) is 3.45. The molecule has 0 unspecified atom stereocenters. The zero-order valence-electron chi connectivity index (χ0n) is 19.0. The van der Waals surface area contributed by atoms with Gasteiger partial charge in [-0.05, 0) is 42.5 Å². The smallest absolute Gasteiger partial charge is 0.255 e. The lowest BCUT2D eigenvalue weighted by Crippen LogP contribution is -2.32. The van der Waals surface area contributed by atoms with E-state index >= 15 is 0 Å². The number of nitrogens with zero attached hydrogens (tertiary/aromatic N) is 1. The molecule has 1 heterocycles. The van der Waals surface area contributed by atoms with Crippen molar-refractivity contribution in [2.24, 2.45) is 17.8 Å². The minimum atomic E-state index is -2.82. The molecule has 0 bridgehead atoms. The largest absolute Gasteiger partial charge is 0.350 e. The summed E-state index contributed by atoms with van der Waals surface area (Å²) in [5.74, 6) is -6.88. The molecule has 37 heavy (non-hydrogen) atoms. The van der Waals surface area contributed by atoms with Gasteiger partial charge < -0.3 is 16.0 Å². The topological polar surface area (TPSA) is 109 Å². The molecule has 3 atom stereocenters. The molecule has 192 valence electrons. The summed E-state index contributed by atoms with van der Waals surface area (Å²) in [5.41, 5.74) is -0.0564. The van der Waals surface area contributed by atoms with E-state index in [1.807, 2.05) is 5.32 Å². The molecule has 1 aromatic heterocycles. The van der Waals surface area contributed by atoms with Gasteiger partial charge >= 0.3 is 0 Å². The van der Waals surface area contributed by atoms with Crippen LogP contribution >= 0.6 is 11.6 Å². The fourth-order valence-electron chi connectivity index (χ4n) is 3.96. The number of alkyl halides is 2. The molecule has 2 aromatic carbocycles. The number of halogens is 4. The van der Waals surface area contributed by atoms with Crippen LogP contribution in [-0.2, 0) is 14.4 Å². The van der Waals surface area contributed by atoms with Crippen molar-refractivity contribution in [3.63, 3.8) is 0 Å². The Bertz CT molecular complexity index is 1400. The molecule has 8 nitrogen and oxygen atoms in total. The normalized spacial score (nSPS) is 18.2. The number of aromatic nitrogens is 1. The third kappa shape index (κ3) is 6.00. The highest BCUT2D eigenvalue weighted by molar-refractivity contribution is 6.30. The van der Waals surface area contributed by atoms with Gasteiger partial charge in [0.15, 0.2) is 0 Å². The molecule has 1 aliphatic carbocycles. The van der Waals surface area contributed by atoms with Crippen LogP contribution in [0.1, 0.15) is 0 Å². The first kappa shape index (κ1) is 26.0. The van der Waals surface area contributed by atoms with Crippen molar-refractivity contribution in [1.82, 2.24) is 9.88 Å². The summed E-state index contributed by atoms with van der Waals surface area (Å²) in [5, 5.41) is 7.35. The van der Waals surface area contributed by atoms with Crippen LogP contribution in [0.3, 0.4) is 0 Å². The van der Waals surface area contributed by atoms with Gasteiger partial charge in [0.05, 0.1) is 35.7 Å². The highest BCUT2D eigenvalue weighted by Crippen LogP contribution is 2.48. The summed E-state index contributed by atoms with van der Waals surface area (Å²) in [7, 11) is 0. The van der Waals surface area contributed by atoms with Crippen molar-refractivity contribution in [1.29, 1.82) is 0 Å². The van der Waals surface area contributed by atoms with Crippen LogP contribution in [0.4, 0.5) is 24.5 Å². The fourth-order valence-corrected chi connectivity index (χ4v) is 4.08. The number of hydrogen-bond acceptors (Lipinski definition) is 4. The molecule has 1 aliphatic rings. The quantitative estimate of drug-likeness (QED) is 0.413. The first-order valence-electron chi connectivity index (χ1n) is 11.1. The number of hydrogen-bond donors (Lipinski definition) is 3. The van der Waals surface area contributed by atoms with Crippen molar-refractivity contribution in [2.45, 2.75) is 6.43 Å². The van der Waals surface area contributed by atoms with Crippen LogP contribution < -0.4 is 21.5 Å². The molecule has 0 aliphatic heterocycles. The Balaban J connectivity index is 1.51. The Kier molecular flexibility index (Phi) is 7.63. The molecule has 1 fully saturated rings. The number of pyridine rings is 1. The number of amides is 3. The van der Waals surface area contributed by atoms with Gasteiger partial charge in [-0.1, -0.05) is 17.7 Å². The Hall–Kier alpha value is -4.12. The molecule has 1 saturated carbocycles. The predicted molar refractivity (Wildman–Crippen MR) is 130 cm³/mol. The molecular formula is C25H20ClF3N4O4. The summed E-state index contributed by atoms with van der Waals surface area (Å²) < 4.78 is 41.1. The zero-order chi connectivity index (χ0) is 26.7. The van der Waals surface area contributed by atoms with Crippen LogP contribution in [0.2, 0.25) is 5.02 Å². The van der Waals surface area contributed by atoms with Gasteiger partial charge in [-0.2, -0.15) is 0 Å². The zero-order valence-corrected chi connectivity index (χ0v) is 19.7. The van der Waals surface area contributed by atoms with Gasteiger partial charge in [0, 0.05) is 29.0 Å². The SMILES string of the molecule is O=C(NCC(F)F)[C@H]1[C@H](C(=O)Nc2ccc(Cl)cc2)[C@@H]1C(=O)Nc1ccc(-n2ccccc2=O)cc1F. The second kappa shape index (κ2) is 10.9. The summed E-state index contributed by atoms with van der Waals surface area (Å²) in [6.07, 6.45) is -1.37. The maximum Gasteiger partial charge on any atom is 0.255 e. The number of anilines is 2. The monoisotopic (exact) mass is 532 g/mol. The summed E-state index contributed by atoms with van der Waals surface area (Å²) >= 11 is 5.83. The molecular weight excluding hydrogens is 513 g/mol. The van der Waals surface area contributed by atoms with E-state index in [-0.39, 0.29) is 16.9 Å². The number of rotatable bonds is 8. The minimum absolute atomic E-state index is 0.219. The number of nitrogens with one attached hydrogen (secondary N) is 3. The summed E-state index contributed by atoms with van der Waals surface area (Å²) in [6, 6.07) is 14.2. The van der Waals surface area contributed by atoms with Gasteiger partial charge in [0.25, 0.3) is 12.0 Å². The maximum atomic E-state index is 14.8. The lowest BCUT2D eigenvalue weighted by atomic mass is 10.2. The van der Waals surface area contributed by atoms with Gasteiger partial charge in [0.2, 0.25) is 17.7 Å². The first-order chi connectivity index (χ1) is 17.7. The number of carbonyl (C=O) groups excluding carboxylic acids is 3. The van der Waals surface area contributed by atoms with Crippen LogP contribution in [0.15, 0.2) is 71.7 Å². The van der Waals surface area contributed by atoms with Crippen LogP contribution in [-0.4, -0.2) is 35.3 Å². The van der Waals surface area contributed by atoms with Crippen molar-refractivity contribution < 1.29 is 27.6 Å². The third-order valence-corrected chi connectivity index (χ3v) is 6.03. The average Bonchev–Trinajstić information content (AvgIpc) is 3.62. The van der Waals surface area contributed by atoms with Gasteiger partial charge in [-0.3, -0.25) is 23.7 Å². The Morgan fingerprint density at radius 3 is 2.16 bits per heavy atom. The molecule has 3 aromatic rings. The lowest BCUT2D eigenvalue weighted by Gasteiger charge is -2.10. The molecule has 3 N–H and O–H groups in total. The third-order valence-electron chi connectivity index (χ3n) is 5.78. The van der Waals surface area contributed by atoms with Crippen LogP contribution in [0.25, 0.3) is 5.69 Å². The Morgan fingerprint density at radius 1 is 0.892 bits per heavy atom.